The molecule has 1 unspecified atom stereocenters. The van der Waals surface area contributed by atoms with Crippen molar-refractivity contribution in [2.75, 3.05) is 0 Å². The maximum absolute atomic E-state index is 5.97. The van der Waals surface area contributed by atoms with Gasteiger partial charge in [0.05, 0.1) is 5.69 Å². The molecular formula is C11H12N2O. The van der Waals surface area contributed by atoms with E-state index in [1.54, 1.807) is 6.26 Å². The van der Waals surface area contributed by atoms with Crippen molar-refractivity contribution in [2.24, 2.45) is 5.73 Å². The number of aryl methyl sites for hydroxylation is 1. The number of aromatic nitrogens is 1. The van der Waals surface area contributed by atoms with Crippen LogP contribution in [0.5, 0.6) is 0 Å². The second-order valence-corrected chi connectivity index (χ2v) is 3.22. The van der Waals surface area contributed by atoms with E-state index in [-0.39, 0.29) is 6.04 Å². The van der Waals surface area contributed by atoms with E-state index >= 15 is 0 Å². The second kappa shape index (κ2) is 3.64. The minimum Gasteiger partial charge on any atom is -0.447 e. The van der Waals surface area contributed by atoms with Crippen LogP contribution in [0.2, 0.25) is 0 Å². The highest BCUT2D eigenvalue weighted by molar-refractivity contribution is 5.23. The third-order valence-electron chi connectivity index (χ3n) is 2.06. The van der Waals surface area contributed by atoms with Gasteiger partial charge in [0, 0.05) is 0 Å². The van der Waals surface area contributed by atoms with Gasteiger partial charge in [-0.05, 0) is 12.5 Å². The Balaban J connectivity index is 2.29. The van der Waals surface area contributed by atoms with Gasteiger partial charge >= 0.3 is 0 Å². The molecule has 1 aromatic heterocycles. The van der Waals surface area contributed by atoms with Crippen molar-refractivity contribution in [3.8, 4) is 0 Å². The van der Waals surface area contributed by atoms with E-state index in [9.17, 15) is 0 Å². The van der Waals surface area contributed by atoms with E-state index in [4.69, 9.17) is 10.2 Å². The van der Waals surface area contributed by atoms with Crippen LogP contribution in [-0.2, 0) is 0 Å². The lowest BCUT2D eigenvalue weighted by Crippen LogP contribution is -2.11. The SMILES string of the molecule is Cc1coc(C(N)c2ccccc2)n1. The minimum absolute atomic E-state index is 0.273. The molecule has 2 rings (SSSR count). The summed E-state index contributed by atoms with van der Waals surface area (Å²) in [5, 5.41) is 0. The van der Waals surface area contributed by atoms with Gasteiger partial charge in [0.15, 0.2) is 0 Å². The van der Waals surface area contributed by atoms with Crippen molar-refractivity contribution in [1.29, 1.82) is 0 Å². The van der Waals surface area contributed by atoms with Crippen molar-refractivity contribution in [1.82, 2.24) is 4.98 Å². The summed E-state index contributed by atoms with van der Waals surface area (Å²) in [7, 11) is 0. The van der Waals surface area contributed by atoms with E-state index < -0.39 is 0 Å². The maximum Gasteiger partial charge on any atom is 0.215 e. The first kappa shape index (κ1) is 8.97. The zero-order chi connectivity index (χ0) is 9.97. The summed E-state index contributed by atoms with van der Waals surface area (Å²) < 4.78 is 5.24. The number of oxazole rings is 1. The van der Waals surface area contributed by atoms with Crippen molar-refractivity contribution in [3.05, 3.63) is 53.7 Å². The standard InChI is InChI=1S/C11H12N2O/c1-8-7-14-11(13-8)10(12)9-5-3-2-4-6-9/h2-7,10H,12H2,1H3. The lowest BCUT2D eigenvalue weighted by atomic mass is 10.1. The van der Waals surface area contributed by atoms with Crippen molar-refractivity contribution < 1.29 is 4.42 Å². The first-order valence-electron chi connectivity index (χ1n) is 4.50. The molecule has 1 aromatic carbocycles. The lowest BCUT2D eigenvalue weighted by Gasteiger charge is -2.06. The van der Waals surface area contributed by atoms with Crippen LogP contribution in [0.3, 0.4) is 0 Å². The van der Waals surface area contributed by atoms with Gasteiger partial charge in [0.1, 0.15) is 12.3 Å². The number of hydrogen-bond donors (Lipinski definition) is 1. The highest BCUT2D eigenvalue weighted by Gasteiger charge is 2.13. The Labute approximate surface area is 82.6 Å². The fraction of sp³-hybridized carbons (Fsp3) is 0.182. The Bertz CT molecular complexity index is 408. The number of nitrogens with zero attached hydrogens (tertiary/aromatic N) is 1. The molecule has 72 valence electrons. The molecule has 0 radical (unpaired) electrons. The van der Waals surface area contributed by atoms with E-state index in [0.717, 1.165) is 11.3 Å². The average molecular weight is 188 g/mol. The number of nitrogens with two attached hydrogens (primary N) is 1. The van der Waals surface area contributed by atoms with Gasteiger partial charge in [-0.2, -0.15) is 0 Å². The monoisotopic (exact) mass is 188 g/mol. The predicted octanol–water partition coefficient (Wildman–Crippen LogP) is 2.03. The summed E-state index contributed by atoms with van der Waals surface area (Å²) in [6.07, 6.45) is 1.61. The van der Waals surface area contributed by atoms with Crippen LogP contribution < -0.4 is 5.73 Å². The zero-order valence-corrected chi connectivity index (χ0v) is 7.97. The van der Waals surface area contributed by atoms with Crippen molar-refractivity contribution >= 4 is 0 Å². The van der Waals surface area contributed by atoms with E-state index in [1.165, 1.54) is 0 Å². The second-order valence-electron chi connectivity index (χ2n) is 3.22. The molecular weight excluding hydrogens is 176 g/mol. The number of benzene rings is 1. The summed E-state index contributed by atoms with van der Waals surface area (Å²) in [4.78, 5) is 4.20. The van der Waals surface area contributed by atoms with Crippen LogP contribution >= 0.6 is 0 Å². The summed E-state index contributed by atoms with van der Waals surface area (Å²) in [5.74, 6) is 0.564. The van der Waals surface area contributed by atoms with Crippen LogP contribution in [0.25, 0.3) is 0 Å². The van der Waals surface area contributed by atoms with E-state index in [2.05, 4.69) is 4.98 Å². The van der Waals surface area contributed by atoms with E-state index in [0.29, 0.717) is 5.89 Å². The van der Waals surface area contributed by atoms with Crippen LogP contribution in [0.15, 0.2) is 41.0 Å². The van der Waals surface area contributed by atoms with Gasteiger partial charge < -0.3 is 10.2 Å². The Morgan fingerprint density at radius 2 is 2.00 bits per heavy atom. The predicted molar refractivity (Wildman–Crippen MR) is 53.7 cm³/mol. The molecule has 0 spiro atoms. The fourth-order valence-corrected chi connectivity index (χ4v) is 1.32. The molecule has 0 fully saturated rings. The number of hydrogen-bond acceptors (Lipinski definition) is 3. The first-order chi connectivity index (χ1) is 6.77. The third-order valence-corrected chi connectivity index (χ3v) is 2.06. The zero-order valence-electron chi connectivity index (χ0n) is 7.97. The molecule has 0 aliphatic rings. The average Bonchev–Trinajstić information content (AvgIpc) is 2.65. The highest BCUT2D eigenvalue weighted by Crippen LogP contribution is 2.17. The minimum atomic E-state index is -0.273. The van der Waals surface area contributed by atoms with Crippen molar-refractivity contribution in [2.45, 2.75) is 13.0 Å². The fourth-order valence-electron chi connectivity index (χ4n) is 1.32. The van der Waals surface area contributed by atoms with Gasteiger partial charge in [-0.25, -0.2) is 4.98 Å². The van der Waals surface area contributed by atoms with E-state index in [1.807, 2.05) is 37.3 Å². The van der Waals surface area contributed by atoms with Gasteiger partial charge in [0.25, 0.3) is 0 Å². The Morgan fingerprint density at radius 3 is 2.57 bits per heavy atom. The quantitative estimate of drug-likeness (QED) is 0.784. The van der Waals surface area contributed by atoms with Crippen LogP contribution in [0.4, 0.5) is 0 Å². The lowest BCUT2D eigenvalue weighted by molar-refractivity contribution is 0.474. The summed E-state index contributed by atoms with van der Waals surface area (Å²) in [5.41, 5.74) is 7.84. The smallest absolute Gasteiger partial charge is 0.215 e. The molecule has 0 amide bonds. The summed E-state index contributed by atoms with van der Waals surface area (Å²) in [6.45, 7) is 1.88. The highest BCUT2D eigenvalue weighted by atomic mass is 16.3. The maximum atomic E-state index is 5.97. The van der Waals surface area contributed by atoms with Gasteiger partial charge in [0.2, 0.25) is 5.89 Å². The van der Waals surface area contributed by atoms with Crippen LogP contribution in [0.1, 0.15) is 23.2 Å². The molecule has 3 heteroatoms. The van der Waals surface area contributed by atoms with Crippen molar-refractivity contribution in [3.63, 3.8) is 0 Å². The topological polar surface area (TPSA) is 52.0 Å². The molecule has 0 aliphatic heterocycles. The van der Waals surface area contributed by atoms with Crippen LogP contribution in [-0.4, -0.2) is 4.98 Å². The molecule has 2 N–H and O–H groups in total. The molecule has 14 heavy (non-hydrogen) atoms. The third kappa shape index (κ3) is 1.67. The molecule has 0 saturated carbocycles. The summed E-state index contributed by atoms with van der Waals surface area (Å²) >= 11 is 0. The Morgan fingerprint density at radius 1 is 1.29 bits per heavy atom. The Kier molecular flexibility index (Phi) is 2.33. The molecule has 0 bridgehead atoms. The molecule has 0 saturated heterocycles. The largest absolute Gasteiger partial charge is 0.447 e. The normalized spacial score (nSPS) is 12.7. The molecule has 0 aliphatic carbocycles. The van der Waals surface area contributed by atoms with Gasteiger partial charge in [-0.1, -0.05) is 30.3 Å². The summed E-state index contributed by atoms with van der Waals surface area (Å²) in [6, 6.07) is 9.51. The Hall–Kier alpha value is -1.61. The van der Waals surface area contributed by atoms with Gasteiger partial charge in [-0.3, -0.25) is 0 Å². The molecule has 1 heterocycles. The van der Waals surface area contributed by atoms with Crippen LogP contribution in [0, 0.1) is 6.92 Å². The van der Waals surface area contributed by atoms with Gasteiger partial charge in [-0.15, -0.1) is 0 Å². The molecule has 3 nitrogen and oxygen atoms in total. The first-order valence-corrected chi connectivity index (χ1v) is 4.50. The molecule has 1 atom stereocenters. The number of rotatable bonds is 2. The molecule has 2 aromatic rings.